The molecule has 0 heterocycles. The van der Waals surface area contributed by atoms with E-state index in [9.17, 15) is 18.0 Å². The van der Waals surface area contributed by atoms with Crippen LogP contribution in [0.1, 0.15) is 33.2 Å². The highest BCUT2D eigenvalue weighted by molar-refractivity contribution is 7.92. The minimum atomic E-state index is -3.46. The SMILES string of the molecule is CCOC(=O)c1ccc(NC(=O)c2ccc(C)c(N(C)S(C)(=O)=O)c2)cc1Cl. The Morgan fingerprint density at radius 2 is 1.86 bits per heavy atom. The molecule has 0 radical (unpaired) electrons. The van der Waals surface area contributed by atoms with E-state index in [0.717, 1.165) is 10.6 Å². The van der Waals surface area contributed by atoms with Gasteiger partial charge in [0.15, 0.2) is 0 Å². The zero-order valence-electron chi connectivity index (χ0n) is 15.9. The average molecular weight is 425 g/mol. The van der Waals surface area contributed by atoms with Gasteiger partial charge in [-0.15, -0.1) is 0 Å². The summed E-state index contributed by atoms with van der Waals surface area (Å²) >= 11 is 6.10. The van der Waals surface area contributed by atoms with Gasteiger partial charge in [-0.25, -0.2) is 13.2 Å². The predicted octanol–water partition coefficient (Wildman–Crippen LogP) is 3.47. The van der Waals surface area contributed by atoms with E-state index in [1.54, 1.807) is 26.0 Å². The van der Waals surface area contributed by atoms with Crippen molar-refractivity contribution in [3.63, 3.8) is 0 Å². The van der Waals surface area contributed by atoms with Gasteiger partial charge in [0.1, 0.15) is 0 Å². The number of ether oxygens (including phenoxy) is 1. The van der Waals surface area contributed by atoms with E-state index in [4.69, 9.17) is 16.3 Å². The van der Waals surface area contributed by atoms with Crippen LogP contribution in [0.5, 0.6) is 0 Å². The summed E-state index contributed by atoms with van der Waals surface area (Å²) in [5.74, 6) is -0.986. The number of halogens is 1. The van der Waals surface area contributed by atoms with Crippen molar-refractivity contribution >= 4 is 44.9 Å². The molecular weight excluding hydrogens is 404 g/mol. The molecule has 0 aliphatic rings. The summed E-state index contributed by atoms with van der Waals surface area (Å²) in [6.45, 7) is 3.68. The summed E-state index contributed by atoms with van der Waals surface area (Å²) in [7, 11) is -2.04. The van der Waals surface area contributed by atoms with Crippen LogP contribution in [0.3, 0.4) is 0 Å². The summed E-state index contributed by atoms with van der Waals surface area (Å²) in [4.78, 5) is 24.4. The van der Waals surface area contributed by atoms with E-state index in [1.165, 1.54) is 31.3 Å². The fourth-order valence-corrected chi connectivity index (χ4v) is 3.25. The maximum absolute atomic E-state index is 12.6. The number of amides is 1. The largest absolute Gasteiger partial charge is 0.462 e. The predicted molar refractivity (Wildman–Crippen MR) is 110 cm³/mol. The second-order valence-corrected chi connectivity index (χ2v) is 8.52. The Labute approximate surface area is 169 Å². The molecule has 2 aromatic rings. The Hall–Kier alpha value is -2.58. The fraction of sp³-hybridized carbons (Fsp3) is 0.263. The highest BCUT2D eigenvalue weighted by atomic mass is 35.5. The van der Waals surface area contributed by atoms with Crippen LogP contribution in [0.15, 0.2) is 36.4 Å². The Bertz CT molecular complexity index is 1020. The van der Waals surface area contributed by atoms with Crippen molar-refractivity contribution in [3.05, 3.63) is 58.1 Å². The Morgan fingerprint density at radius 3 is 2.43 bits per heavy atom. The van der Waals surface area contributed by atoms with Crippen LogP contribution in [-0.4, -0.2) is 40.2 Å². The Balaban J connectivity index is 2.26. The maximum atomic E-state index is 12.6. The molecule has 1 amide bonds. The van der Waals surface area contributed by atoms with E-state index in [1.807, 2.05) is 0 Å². The van der Waals surface area contributed by atoms with Gasteiger partial charge in [-0.05, 0) is 49.7 Å². The van der Waals surface area contributed by atoms with Crippen molar-refractivity contribution in [2.45, 2.75) is 13.8 Å². The van der Waals surface area contributed by atoms with E-state index in [0.29, 0.717) is 16.9 Å². The van der Waals surface area contributed by atoms with Crippen molar-refractivity contribution in [1.29, 1.82) is 0 Å². The van der Waals surface area contributed by atoms with Gasteiger partial charge >= 0.3 is 5.97 Å². The number of rotatable bonds is 6. The molecule has 0 aliphatic heterocycles. The number of nitrogens with one attached hydrogen (secondary N) is 1. The molecular formula is C19H21ClN2O5S. The molecule has 1 N–H and O–H groups in total. The minimum absolute atomic E-state index is 0.151. The summed E-state index contributed by atoms with van der Waals surface area (Å²) in [5.41, 5.74) is 1.99. The molecule has 9 heteroatoms. The standard InChI is InChI=1S/C19H21ClN2O5S/c1-5-27-19(24)15-9-8-14(11-16(15)20)21-18(23)13-7-6-12(2)17(10-13)22(3)28(4,25)26/h6-11H,5H2,1-4H3,(H,21,23). The first-order chi connectivity index (χ1) is 13.0. The first-order valence-corrected chi connectivity index (χ1v) is 10.6. The van der Waals surface area contributed by atoms with Crippen LogP contribution in [0.25, 0.3) is 0 Å². The second kappa shape index (κ2) is 8.62. The number of carbonyl (C=O) groups is 2. The van der Waals surface area contributed by atoms with E-state index in [-0.39, 0.29) is 22.8 Å². The van der Waals surface area contributed by atoms with Crippen molar-refractivity contribution < 1.29 is 22.7 Å². The molecule has 150 valence electrons. The van der Waals surface area contributed by atoms with E-state index >= 15 is 0 Å². The summed E-state index contributed by atoms with van der Waals surface area (Å²) in [6.07, 6.45) is 1.09. The zero-order chi connectivity index (χ0) is 21.1. The molecule has 28 heavy (non-hydrogen) atoms. The van der Waals surface area contributed by atoms with Gasteiger partial charge in [0.25, 0.3) is 5.91 Å². The van der Waals surface area contributed by atoms with Crippen LogP contribution in [0.2, 0.25) is 5.02 Å². The van der Waals surface area contributed by atoms with Gasteiger partial charge in [0.2, 0.25) is 10.0 Å². The van der Waals surface area contributed by atoms with Crippen LogP contribution < -0.4 is 9.62 Å². The van der Waals surface area contributed by atoms with Crippen LogP contribution in [-0.2, 0) is 14.8 Å². The van der Waals surface area contributed by atoms with Crippen molar-refractivity contribution in [2.75, 3.05) is 29.5 Å². The third kappa shape index (κ3) is 5.02. The normalized spacial score (nSPS) is 11.0. The number of hydrogen-bond acceptors (Lipinski definition) is 5. The number of hydrogen-bond donors (Lipinski definition) is 1. The molecule has 0 atom stereocenters. The third-order valence-corrected chi connectivity index (χ3v) is 5.53. The number of aryl methyl sites for hydroxylation is 1. The van der Waals surface area contributed by atoms with Crippen molar-refractivity contribution in [2.24, 2.45) is 0 Å². The molecule has 0 saturated heterocycles. The molecule has 0 unspecified atom stereocenters. The molecule has 0 bridgehead atoms. The number of sulfonamides is 1. The summed E-state index contributed by atoms with van der Waals surface area (Å²) < 4.78 is 29.6. The zero-order valence-corrected chi connectivity index (χ0v) is 17.5. The van der Waals surface area contributed by atoms with Crippen molar-refractivity contribution in [3.8, 4) is 0 Å². The Morgan fingerprint density at radius 1 is 1.18 bits per heavy atom. The van der Waals surface area contributed by atoms with Crippen molar-refractivity contribution in [1.82, 2.24) is 0 Å². The van der Waals surface area contributed by atoms with Gasteiger partial charge in [0, 0.05) is 18.3 Å². The molecule has 0 aromatic heterocycles. The first kappa shape index (κ1) is 21.7. The fourth-order valence-electron chi connectivity index (χ4n) is 2.44. The van der Waals surface area contributed by atoms with Crippen LogP contribution >= 0.6 is 11.6 Å². The number of esters is 1. The molecule has 0 saturated carbocycles. The topological polar surface area (TPSA) is 92.8 Å². The number of anilines is 2. The smallest absolute Gasteiger partial charge is 0.339 e. The number of benzene rings is 2. The van der Waals surface area contributed by atoms with Gasteiger partial charge in [0.05, 0.1) is 29.1 Å². The minimum Gasteiger partial charge on any atom is -0.462 e. The van der Waals surface area contributed by atoms with Gasteiger partial charge < -0.3 is 10.1 Å². The highest BCUT2D eigenvalue weighted by Crippen LogP contribution is 2.25. The van der Waals surface area contributed by atoms with Gasteiger partial charge in [-0.1, -0.05) is 17.7 Å². The summed E-state index contributed by atoms with van der Waals surface area (Å²) in [5, 5.41) is 2.83. The highest BCUT2D eigenvalue weighted by Gasteiger charge is 2.17. The van der Waals surface area contributed by atoms with Crippen LogP contribution in [0, 0.1) is 6.92 Å². The number of carbonyl (C=O) groups excluding carboxylic acids is 2. The monoisotopic (exact) mass is 424 g/mol. The van der Waals surface area contributed by atoms with Gasteiger partial charge in [-0.3, -0.25) is 9.10 Å². The molecule has 0 spiro atoms. The van der Waals surface area contributed by atoms with E-state index < -0.39 is 21.9 Å². The summed E-state index contributed by atoms with van der Waals surface area (Å²) in [6, 6.07) is 9.22. The molecule has 0 fully saturated rings. The first-order valence-electron chi connectivity index (χ1n) is 8.37. The molecule has 2 aromatic carbocycles. The van der Waals surface area contributed by atoms with Crippen LogP contribution in [0.4, 0.5) is 11.4 Å². The lowest BCUT2D eigenvalue weighted by Gasteiger charge is -2.19. The second-order valence-electron chi connectivity index (χ2n) is 6.10. The molecule has 0 aliphatic carbocycles. The quantitative estimate of drug-likeness (QED) is 0.716. The lowest BCUT2D eigenvalue weighted by molar-refractivity contribution is 0.0526. The molecule has 7 nitrogen and oxygen atoms in total. The maximum Gasteiger partial charge on any atom is 0.339 e. The third-order valence-electron chi connectivity index (χ3n) is 4.03. The molecule has 2 rings (SSSR count). The Kier molecular flexibility index (Phi) is 6.69. The number of nitrogens with zero attached hydrogens (tertiary/aromatic N) is 1. The van der Waals surface area contributed by atoms with Gasteiger partial charge in [-0.2, -0.15) is 0 Å². The lowest BCUT2D eigenvalue weighted by atomic mass is 10.1. The average Bonchev–Trinajstić information content (AvgIpc) is 2.61. The lowest BCUT2D eigenvalue weighted by Crippen LogP contribution is -2.26. The van der Waals surface area contributed by atoms with E-state index in [2.05, 4.69) is 5.32 Å².